The van der Waals surface area contributed by atoms with Crippen LogP contribution in [0.4, 0.5) is 4.79 Å². The van der Waals surface area contributed by atoms with Gasteiger partial charge in [0.1, 0.15) is 0 Å². The minimum Gasteiger partial charge on any atom is -0.481 e. The maximum absolute atomic E-state index is 12.3. The van der Waals surface area contributed by atoms with Crippen molar-refractivity contribution in [3.05, 3.63) is 0 Å². The summed E-state index contributed by atoms with van der Waals surface area (Å²) in [6.07, 6.45) is 6.29. The second kappa shape index (κ2) is 6.67. The van der Waals surface area contributed by atoms with Crippen molar-refractivity contribution in [1.82, 2.24) is 10.2 Å². The molecule has 2 rings (SSSR count). The number of rotatable bonds is 3. The molecule has 5 nitrogen and oxygen atoms in total. The summed E-state index contributed by atoms with van der Waals surface area (Å²) in [4.78, 5) is 24.8. The maximum atomic E-state index is 12.3. The van der Waals surface area contributed by atoms with E-state index in [1.54, 1.807) is 0 Å². The van der Waals surface area contributed by atoms with Crippen LogP contribution in [0.25, 0.3) is 0 Å². The van der Waals surface area contributed by atoms with Crippen LogP contribution in [0, 0.1) is 11.3 Å². The highest BCUT2D eigenvalue weighted by atomic mass is 16.4. The van der Waals surface area contributed by atoms with Crippen LogP contribution in [0.1, 0.15) is 58.8 Å². The second-order valence-corrected chi connectivity index (χ2v) is 7.42. The molecule has 2 fully saturated rings. The number of carbonyl (C=O) groups is 2. The summed E-state index contributed by atoms with van der Waals surface area (Å²) in [5.74, 6) is -0.509. The molecule has 120 valence electrons. The normalized spacial score (nSPS) is 23.8. The van der Waals surface area contributed by atoms with Crippen molar-refractivity contribution in [2.75, 3.05) is 13.1 Å². The molecule has 0 aromatic carbocycles. The predicted molar refractivity (Wildman–Crippen MR) is 81.1 cm³/mol. The first-order valence-electron chi connectivity index (χ1n) is 8.13. The zero-order valence-corrected chi connectivity index (χ0v) is 13.2. The van der Waals surface area contributed by atoms with E-state index in [1.165, 1.54) is 12.8 Å². The summed E-state index contributed by atoms with van der Waals surface area (Å²) in [6, 6.07) is 0.343. The van der Waals surface area contributed by atoms with Gasteiger partial charge in [-0.2, -0.15) is 0 Å². The summed E-state index contributed by atoms with van der Waals surface area (Å²) >= 11 is 0. The van der Waals surface area contributed by atoms with Gasteiger partial charge in [0.25, 0.3) is 0 Å². The zero-order valence-electron chi connectivity index (χ0n) is 13.2. The number of hydrogen-bond donors (Lipinski definition) is 2. The van der Waals surface area contributed by atoms with Crippen molar-refractivity contribution in [3.8, 4) is 0 Å². The molecule has 0 aromatic heterocycles. The number of nitrogens with one attached hydrogen (secondary N) is 1. The molecule has 0 atom stereocenters. The van der Waals surface area contributed by atoms with Crippen LogP contribution in [0.5, 0.6) is 0 Å². The predicted octanol–water partition coefficient (Wildman–Crippen LogP) is 2.85. The molecule has 2 amide bonds. The standard InChI is InChI=1S/C16H28N2O3/c1-16(2)7-3-13(4-8-16)17-15(21)18-9-5-12(6-10-18)11-14(19)20/h12-13H,3-11H2,1-2H3,(H,17,21)(H,19,20). The Balaban J connectivity index is 1.71. The van der Waals surface area contributed by atoms with Crippen LogP contribution in [-0.4, -0.2) is 41.1 Å². The number of likely N-dealkylation sites (tertiary alicyclic amines) is 1. The van der Waals surface area contributed by atoms with Gasteiger partial charge in [0, 0.05) is 25.6 Å². The van der Waals surface area contributed by atoms with E-state index in [1.807, 2.05) is 4.90 Å². The summed E-state index contributed by atoms with van der Waals surface area (Å²) < 4.78 is 0. The Morgan fingerprint density at radius 3 is 2.24 bits per heavy atom. The molecule has 0 spiro atoms. The lowest BCUT2D eigenvalue weighted by atomic mass is 9.75. The van der Waals surface area contributed by atoms with Gasteiger partial charge in [0.2, 0.25) is 0 Å². The van der Waals surface area contributed by atoms with Gasteiger partial charge in [0.15, 0.2) is 0 Å². The van der Waals surface area contributed by atoms with E-state index in [0.29, 0.717) is 24.5 Å². The van der Waals surface area contributed by atoms with Crippen molar-refractivity contribution < 1.29 is 14.7 Å². The Hall–Kier alpha value is -1.26. The molecular formula is C16H28N2O3. The highest BCUT2D eigenvalue weighted by molar-refractivity contribution is 5.74. The molecule has 1 aliphatic carbocycles. The number of carbonyl (C=O) groups excluding carboxylic acids is 1. The first-order chi connectivity index (χ1) is 9.85. The zero-order chi connectivity index (χ0) is 15.5. The molecule has 0 bridgehead atoms. The van der Waals surface area contributed by atoms with Crippen LogP contribution in [-0.2, 0) is 4.79 Å². The smallest absolute Gasteiger partial charge is 0.317 e. The third kappa shape index (κ3) is 4.90. The molecule has 2 aliphatic rings. The summed E-state index contributed by atoms with van der Waals surface area (Å²) in [6.45, 7) is 5.94. The first-order valence-corrected chi connectivity index (χ1v) is 8.13. The van der Waals surface area contributed by atoms with Gasteiger partial charge in [-0.3, -0.25) is 4.79 Å². The molecule has 1 saturated carbocycles. The lowest BCUT2D eigenvalue weighted by molar-refractivity contribution is -0.138. The maximum Gasteiger partial charge on any atom is 0.317 e. The fraction of sp³-hybridized carbons (Fsp3) is 0.875. The molecule has 1 saturated heterocycles. The monoisotopic (exact) mass is 296 g/mol. The highest BCUT2D eigenvalue weighted by Crippen LogP contribution is 2.35. The molecule has 1 aliphatic heterocycles. The van der Waals surface area contributed by atoms with Crippen LogP contribution < -0.4 is 5.32 Å². The van der Waals surface area contributed by atoms with E-state index in [-0.39, 0.29) is 18.4 Å². The van der Waals surface area contributed by atoms with E-state index >= 15 is 0 Å². The number of aliphatic carboxylic acids is 1. The molecule has 1 heterocycles. The van der Waals surface area contributed by atoms with Gasteiger partial charge in [-0.25, -0.2) is 4.79 Å². The fourth-order valence-corrected chi connectivity index (χ4v) is 3.40. The Kier molecular flexibility index (Phi) is 5.12. The Bertz CT molecular complexity index is 377. The van der Waals surface area contributed by atoms with E-state index in [9.17, 15) is 9.59 Å². The van der Waals surface area contributed by atoms with Crippen molar-refractivity contribution in [2.24, 2.45) is 11.3 Å². The lowest BCUT2D eigenvalue weighted by Gasteiger charge is -2.37. The van der Waals surface area contributed by atoms with Crippen LogP contribution >= 0.6 is 0 Å². The Labute approximate surface area is 127 Å². The van der Waals surface area contributed by atoms with Crippen LogP contribution in [0.2, 0.25) is 0 Å². The van der Waals surface area contributed by atoms with Gasteiger partial charge in [-0.1, -0.05) is 13.8 Å². The van der Waals surface area contributed by atoms with Gasteiger partial charge < -0.3 is 15.3 Å². The molecule has 0 unspecified atom stereocenters. The van der Waals surface area contributed by atoms with E-state index < -0.39 is 5.97 Å². The largest absolute Gasteiger partial charge is 0.481 e. The number of piperidine rings is 1. The second-order valence-electron chi connectivity index (χ2n) is 7.42. The fourth-order valence-electron chi connectivity index (χ4n) is 3.40. The number of nitrogens with zero attached hydrogens (tertiary/aromatic N) is 1. The summed E-state index contributed by atoms with van der Waals surface area (Å²) in [5, 5.41) is 12.0. The van der Waals surface area contributed by atoms with Crippen molar-refractivity contribution in [2.45, 2.75) is 64.8 Å². The number of urea groups is 1. The van der Waals surface area contributed by atoms with E-state index in [2.05, 4.69) is 19.2 Å². The van der Waals surface area contributed by atoms with Gasteiger partial charge in [-0.15, -0.1) is 0 Å². The third-order valence-electron chi connectivity index (χ3n) is 5.03. The van der Waals surface area contributed by atoms with Gasteiger partial charge >= 0.3 is 12.0 Å². The third-order valence-corrected chi connectivity index (χ3v) is 5.03. The first kappa shape index (κ1) is 16.1. The molecular weight excluding hydrogens is 268 g/mol. The molecule has 5 heteroatoms. The minimum atomic E-state index is -0.734. The molecule has 2 N–H and O–H groups in total. The molecule has 21 heavy (non-hydrogen) atoms. The topological polar surface area (TPSA) is 69.6 Å². The number of carboxylic acids is 1. The van der Waals surface area contributed by atoms with Gasteiger partial charge in [0.05, 0.1) is 0 Å². The number of hydrogen-bond acceptors (Lipinski definition) is 2. The Morgan fingerprint density at radius 1 is 1.14 bits per heavy atom. The van der Waals surface area contributed by atoms with Crippen LogP contribution in [0.3, 0.4) is 0 Å². The van der Waals surface area contributed by atoms with Crippen molar-refractivity contribution >= 4 is 12.0 Å². The SMILES string of the molecule is CC1(C)CCC(NC(=O)N2CCC(CC(=O)O)CC2)CC1. The summed E-state index contributed by atoms with van der Waals surface area (Å²) in [7, 11) is 0. The van der Waals surface area contributed by atoms with E-state index in [0.717, 1.165) is 25.7 Å². The van der Waals surface area contributed by atoms with Gasteiger partial charge in [-0.05, 0) is 49.9 Å². The van der Waals surface area contributed by atoms with Crippen molar-refractivity contribution in [3.63, 3.8) is 0 Å². The Morgan fingerprint density at radius 2 is 1.71 bits per heavy atom. The quantitative estimate of drug-likeness (QED) is 0.841. The van der Waals surface area contributed by atoms with Crippen LogP contribution in [0.15, 0.2) is 0 Å². The average molecular weight is 296 g/mol. The minimum absolute atomic E-state index is 0.0356. The number of amides is 2. The lowest BCUT2D eigenvalue weighted by Crippen LogP contribution is -2.49. The average Bonchev–Trinajstić information content (AvgIpc) is 2.41. The molecule has 0 aromatic rings. The van der Waals surface area contributed by atoms with E-state index in [4.69, 9.17) is 5.11 Å². The summed E-state index contributed by atoms with van der Waals surface area (Å²) in [5.41, 5.74) is 0.413. The molecule has 0 radical (unpaired) electrons. The highest BCUT2D eigenvalue weighted by Gasteiger charge is 2.29. The number of carboxylic acid groups (broad SMARTS) is 1. The van der Waals surface area contributed by atoms with Crippen molar-refractivity contribution in [1.29, 1.82) is 0 Å².